The Bertz CT molecular complexity index is 74.9. The number of rotatable bonds is 1. The predicted octanol–water partition coefficient (Wildman–Crippen LogP) is 1.85. The van der Waals surface area contributed by atoms with Crippen molar-refractivity contribution in [3.63, 3.8) is 0 Å². The molecule has 1 aliphatic heterocycles. The average molecular weight is 226 g/mol. The third-order valence-corrected chi connectivity index (χ3v) is 2.56. The summed E-state index contributed by atoms with van der Waals surface area (Å²) in [6.45, 7) is 3.24. The van der Waals surface area contributed by atoms with Crippen molar-refractivity contribution >= 4 is 22.6 Å². The second kappa shape index (κ2) is 3.01. The molecule has 0 radical (unpaired) electrons. The molecule has 2 heteroatoms. The van der Waals surface area contributed by atoms with Gasteiger partial charge in [0.15, 0.2) is 0 Å². The molecule has 1 saturated heterocycles. The van der Waals surface area contributed by atoms with Crippen LogP contribution in [0.2, 0.25) is 0 Å². The Labute approximate surface area is 63.9 Å². The Morgan fingerprint density at radius 3 is 2.75 bits per heavy atom. The van der Waals surface area contributed by atoms with Gasteiger partial charge in [-0.3, -0.25) is 0 Å². The second-order valence-electron chi connectivity index (χ2n) is 2.33. The van der Waals surface area contributed by atoms with E-state index < -0.39 is 0 Å². The van der Waals surface area contributed by atoms with Crippen molar-refractivity contribution in [2.45, 2.75) is 19.4 Å². The highest BCUT2D eigenvalue weighted by Crippen LogP contribution is 2.21. The molecule has 1 fully saturated rings. The molecule has 8 heavy (non-hydrogen) atoms. The molecule has 48 valence electrons. The van der Waals surface area contributed by atoms with Gasteiger partial charge >= 0.3 is 0 Å². The lowest BCUT2D eigenvalue weighted by atomic mass is 10.1. The Balaban J connectivity index is 2.30. The molecule has 0 aromatic carbocycles. The lowest BCUT2D eigenvalue weighted by Gasteiger charge is -2.08. The monoisotopic (exact) mass is 226 g/mol. The van der Waals surface area contributed by atoms with E-state index in [0.717, 1.165) is 17.0 Å². The van der Waals surface area contributed by atoms with Crippen LogP contribution in [-0.4, -0.2) is 17.1 Å². The van der Waals surface area contributed by atoms with Crippen LogP contribution < -0.4 is 0 Å². The van der Waals surface area contributed by atoms with Crippen LogP contribution in [-0.2, 0) is 4.74 Å². The molecular formula is C6H11IO. The first-order chi connectivity index (χ1) is 3.84. The maximum absolute atomic E-state index is 5.41. The van der Waals surface area contributed by atoms with Crippen LogP contribution in [0.5, 0.6) is 0 Å². The van der Waals surface area contributed by atoms with Gasteiger partial charge in [0.25, 0.3) is 0 Å². The summed E-state index contributed by atoms with van der Waals surface area (Å²) in [6, 6.07) is 0. The van der Waals surface area contributed by atoms with Crippen molar-refractivity contribution in [3.8, 4) is 0 Å². The quantitative estimate of drug-likeness (QED) is 0.489. The summed E-state index contributed by atoms with van der Waals surface area (Å²) in [5.74, 6) is 0.798. The van der Waals surface area contributed by atoms with E-state index in [-0.39, 0.29) is 0 Å². The molecule has 0 aliphatic carbocycles. The smallest absolute Gasteiger partial charge is 0.0690 e. The highest BCUT2D eigenvalue weighted by atomic mass is 127. The summed E-state index contributed by atoms with van der Waals surface area (Å²) in [5, 5.41) is 0. The first-order valence-electron chi connectivity index (χ1n) is 3.02. The molecular weight excluding hydrogens is 215 g/mol. The molecule has 1 aliphatic rings. The topological polar surface area (TPSA) is 9.23 Å². The van der Waals surface area contributed by atoms with E-state index in [1.807, 2.05) is 0 Å². The van der Waals surface area contributed by atoms with Crippen LogP contribution in [0, 0.1) is 5.92 Å². The lowest BCUT2D eigenvalue weighted by Crippen LogP contribution is -2.13. The first-order valence-corrected chi connectivity index (χ1v) is 4.54. The molecule has 0 amide bonds. The van der Waals surface area contributed by atoms with Gasteiger partial charge < -0.3 is 4.74 Å². The van der Waals surface area contributed by atoms with E-state index in [4.69, 9.17) is 4.74 Å². The molecule has 1 heterocycles. The maximum Gasteiger partial charge on any atom is 0.0690 e. The molecule has 1 rings (SSSR count). The Kier molecular flexibility index (Phi) is 2.56. The van der Waals surface area contributed by atoms with Gasteiger partial charge in [0.05, 0.1) is 6.10 Å². The zero-order chi connectivity index (χ0) is 5.98. The van der Waals surface area contributed by atoms with Crippen LogP contribution in [0.4, 0.5) is 0 Å². The standard InChI is InChI=1S/C6H11IO/c1-5-2-3-8-6(5)4-7/h5-6H,2-4H2,1H3/t5-,6-/m0/s1. The predicted molar refractivity (Wildman–Crippen MR) is 42.4 cm³/mol. The molecule has 0 bridgehead atoms. The number of ether oxygens (including phenoxy) is 1. The highest BCUT2D eigenvalue weighted by molar-refractivity contribution is 14.1. The van der Waals surface area contributed by atoms with Gasteiger partial charge in [-0.25, -0.2) is 0 Å². The summed E-state index contributed by atoms with van der Waals surface area (Å²) < 4.78 is 6.56. The van der Waals surface area contributed by atoms with Gasteiger partial charge in [-0.15, -0.1) is 0 Å². The average Bonchev–Trinajstić information content (AvgIpc) is 2.14. The normalized spacial score (nSPS) is 38.2. The lowest BCUT2D eigenvalue weighted by molar-refractivity contribution is 0.115. The fourth-order valence-electron chi connectivity index (χ4n) is 0.952. The van der Waals surface area contributed by atoms with Crippen LogP contribution in [0.1, 0.15) is 13.3 Å². The van der Waals surface area contributed by atoms with Gasteiger partial charge in [-0.1, -0.05) is 29.5 Å². The van der Waals surface area contributed by atoms with Crippen molar-refractivity contribution < 1.29 is 4.74 Å². The molecule has 0 spiro atoms. The Morgan fingerprint density at radius 2 is 2.50 bits per heavy atom. The van der Waals surface area contributed by atoms with E-state index >= 15 is 0 Å². The van der Waals surface area contributed by atoms with Crippen LogP contribution in [0.3, 0.4) is 0 Å². The SMILES string of the molecule is C[C@H]1CCO[C@H]1CI. The fraction of sp³-hybridized carbons (Fsp3) is 1.00. The van der Waals surface area contributed by atoms with Gasteiger partial charge in [-0.05, 0) is 12.3 Å². The molecule has 1 nitrogen and oxygen atoms in total. The van der Waals surface area contributed by atoms with E-state index in [1.54, 1.807) is 0 Å². The first kappa shape index (κ1) is 6.81. The van der Waals surface area contributed by atoms with E-state index in [0.29, 0.717) is 6.10 Å². The summed E-state index contributed by atoms with van der Waals surface area (Å²) in [6.07, 6.45) is 1.81. The van der Waals surface area contributed by atoms with Gasteiger partial charge in [0.2, 0.25) is 0 Å². The highest BCUT2D eigenvalue weighted by Gasteiger charge is 2.22. The van der Waals surface area contributed by atoms with Crippen LogP contribution >= 0.6 is 22.6 Å². The zero-order valence-corrected chi connectivity index (χ0v) is 7.22. The number of hydrogen-bond donors (Lipinski definition) is 0. The Hall–Kier alpha value is 0.690. The maximum atomic E-state index is 5.41. The van der Waals surface area contributed by atoms with Gasteiger partial charge in [0.1, 0.15) is 0 Å². The number of hydrogen-bond acceptors (Lipinski definition) is 1. The van der Waals surface area contributed by atoms with E-state index in [1.165, 1.54) is 6.42 Å². The summed E-state index contributed by atoms with van der Waals surface area (Å²) in [5.41, 5.74) is 0. The second-order valence-corrected chi connectivity index (χ2v) is 3.21. The number of alkyl halides is 1. The summed E-state index contributed by atoms with van der Waals surface area (Å²) in [7, 11) is 0. The van der Waals surface area contributed by atoms with Crippen molar-refractivity contribution in [1.82, 2.24) is 0 Å². The van der Waals surface area contributed by atoms with Crippen LogP contribution in [0.25, 0.3) is 0 Å². The van der Waals surface area contributed by atoms with Crippen LogP contribution in [0.15, 0.2) is 0 Å². The fourth-order valence-corrected chi connectivity index (χ4v) is 2.07. The van der Waals surface area contributed by atoms with Crippen molar-refractivity contribution in [2.24, 2.45) is 5.92 Å². The van der Waals surface area contributed by atoms with Gasteiger partial charge in [-0.2, -0.15) is 0 Å². The summed E-state index contributed by atoms with van der Waals surface area (Å²) in [4.78, 5) is 0. The minimum Gasteiger partial charge on any atom is -0.377 e. The van der Waals surface area contributed by atoms with E-state index in [2.05, 4.69) is 29.5 Å². The van der Waals surface area contributed by atoms with Gasteiger partial charge in [0, 0.05) is 11.0 Å². The zero-order valence-electron chi connectivity index (χ0n) is 5.06. The van der Waals surface area contributed by atoms with E-state index in [9.17, 15) is 0 Å². The van der Waals surface area contributed by atoms with Crippen molar-refractivity contribution in [3.05, 3.63) is 0 Å². The molecule has 2 atom stereocenters. The third-order valence-electron chi connectivity index (χ3n) is 1.69. The third kappa shape index (κ3) is 1.35. The largest absolute Gasteiger partial charge is 0.377 e. The van der Waals surface area contributed by atoms with Crippen molar-refractivity contribution in [2.75, 3.05) is 11.0 Å². The molecule has 0 aromatic rings. The Morgan fingerprint density at radius 1 is 1.75 bits per heavy atom. The summed E-state index contributed by atoms with van der Waals surface area (Å²) >= 11 is 2.38. The van der Waals surface area contributed by atoms with Crippen molar-refractivity contribution in [1.29, 1.82) is 0 Å². The molecule has 0 aromatic heterocycles. The molecule has 0 saturated carbocycles. The minimum atomic E-state index is 0.551. The molecule has 0 N–H and O–H groups in total. The number of halogens is 1. The minimum absolute atomic E-state index is 0.551. The molecule has 0 unspecified atom stereocenters.